The highest BCUT2D eigenvalue weighted by atomic mass is 79.9. The Kier molecular flexibility index (Phi) is 4.26. The molecular weight excluding hydrogens is 390 g/mol. The molecule has 2 aromatic heterocycles. The molecule has 1 fully saturated rings. The van der Waals surface area contributed by atoms with Crippen LogP contribution in [0.4, 0.5) is 0 Å². The number of likely N-dealkylation sites (tertiary alicyclic amines) is 1. The third-order valence-corrected chi connectivity index (χ3v) is 6.46. The molecule has 0 spiro atoms. The van der Waals surface area contributed by atoms with E-state index in [1.165, 1.54) is 11.3 Å². The number of nitrogens with one attached hydrogen (secondary N) is 1. The predicted octanol–water partition coefficient (Wildman–Crippen LogP) is 2.98. The monoisotopic (exact) mass is 405 g/mol. The zero-order valence-electron chi connectivity index (χ0n) is 12.8. The van der Waals surface area contributed by atoms with Crippen LogP contribution in [0.1, 0.15) is 12.2 Å². The van der Waals surface area contributed by atoms with Crippen molar-refractivity contribution in [3.05, 3.63) is 51.0 Å². The highest BCUT2D eigenvalue weighted by Gasteiger charge is 2.22. The van der Waals surface area contributed by atoms with Gasteiger partial charge in [0, 0.05) is 13.1 Å². The number of hydrogen-bond donors (Lipinski definition) is 2. The van der Waals surface area contributed by atoms with Crippen LogP contribution in [0.25, 0.3) is 20.7 Å². The second-order valence-electron chi connectivity index (χ2n) is 5.98. The van der Waals surface area contributed by atoms with Gasteiger partial charge in [0.1, 0.15) is 16.0 Å². The molecule has 3 heterocycles. The highest BCUT2D eigenvalue weighted by molar-refractivity contribution is 9.10. The largest absolute Gasteiger partial charge is 0.392 e. The van der Waals surface area contributed by atoms with Gasteiger partial charge >= 0.3 is 0 Å². The van der Waals surface area contributed by atoms with Crippen molar-refractivity contribution in [1.82, 2.24) is 14.9 Å². The lowest BCUT2D eigenvalue weighted by atomic mass is 10.2. The zero-order chi connectivity index (χ0) is 16.7. The predicted molar refractivity (Wildman–Crippen MR) is 99.3 cm³/mol. The number of H-pyrrole nitrogens is 1. The Labute approximate surface area is 151 Å². The average molecular weight is 406 g/mol. The van der Waals surface area contributed by atoms with E-state index in [9.17, 15) is 9.90 Å². The summed E-state index contributed by atoms with van der Waals surface area (Å²) in [6.45, 7) is 2.00. The van der Waals surface area contributed by atoms with E-state index in [0.29, 0.717) is 29.1 Å². The topological polar surface area (TPSA) is 69.2 Å². The minimum atomic E-state index is -0.280. The molecule has 2 N–H and O–H groups in total. The molecule has 1 aliphatic heterocycles. The molecule has 5 nitrogen and oxygen atoms in total. The van der Waals surface area contributed by atoms with Gasteiger partial charge < -0.3 is 10.1 Å². The van der Waals surface area contributed by atoms with Crippen molar-refractivity contribution in [2.75, 3.05) is 13.1 Å². The van der Waals surface area contributed by atoms with Crippen LogP contribution >= 0.6 is 27.3 Å². The number of β-amino-alcohol motifs (C(OH)–C–C–N with tert-alkyl or cyclic N) is 1. The summed E-state index contributed by atoms with van der Waals surface area (Å²) >= 11 is 5.07. The first-order valence-corrected chi connectivity index (χ1v) is 9.40. The fraction of sp³-hybridized carbons (Fsp3) is 0.294. The van der Waals surface area contributed by atoms with Gasteiger partial charge in [0.25, 0.3) is 5.56 Å². The van der Waals surface area contributed by atoms with Crippen LogP contribution in [0.3, 0.4) is 0 Å². The first-order chi connectivity index (χ1) is 11.6. The molecular formula is C17H16BrN3O2S. The number of fused-ring (bicyclic) bond motifs is 1. The number of aliphatic hydroxyl groups is 1. The Morgan fingerprint density at radius 1 is 1.38 bits per heavy atom. The van der Waals surface area contributed by atoms with Crippen molar-refractivity contribution >= 4 is 37.5 Å². The van der Waals surface area contributed by atoms with Crippen LogP contribution in [0.2, 0.25) is 0 Å². The van der Waals surface area contributed by atoms with Crippen molar-refractivity contribution in [3.8, 4) is 10.4 Å². The molecule has 0 unspecified atom stereocenters. The van der Waals surface area contributed by atoms with Gasteiger partial charge in [0.2, 0.25) is 0 Å². The molecule has 3 aromatic rings. The minimum absolute atomic E-state index is 0.109. The summed E-state index contributed by atoms with van der Waals surface area (Å²) in [6, 6.07) is 9.98. The summed E-state index contributed by atoms with van der Waals surface area (Å²) in [5.41, 5.74) is 1.66. The molecule has 0 bridgehead atoms. The van der Waals surface area contributed by atoms with Gasteiger partial charge in [0.05, 0.1) is 22.0 Å². The maximum Gasteiger partial charge on any atom is 0.268 e. The van der Waals surface area contributed by atoms with Gasteiger partial charge in [-0.3, -0.25) is 9.69 Å². The second kappa shape index (κ2) is 6.40. The first kappa shape index (κ1) is 16.0. The Balaban J connectivity index is 1.75. The van der Waals surface area contributed by atoms with Crippen LogP contribution in [0.15, 0.2) is 39.6 Å². The molecule has 124 valence electrons. The van der Waals surface area contributed by atoms with E-state index in [0.717, 1.165) is 27.9 Å². The fourth-order valence-corrected chi connectivity index (χ4v) is 4.95. The van der Waals surface area contributed by atoms with Crippen LogP contribution in [-0.2, 0) is 6.54 Å². The van der Waals surface area contributed by atoms with Crippen LogP contribution in [0.5, 0.6) is 0 Å². The molecule has 0 saturated carbocycles. The van der Waals surface area contributed by atoms with Crippen molar-refractivity contribution in [2.45, 2.75) is 19.1 Å². The molecule has 0 amide bonds. The molecule has 1 saturated heterocycles. The van der Waals surface area contributed by atoms with Crippen molar-refractivity contribution < 1.29 is 5.11 Å². The Hall–Kier alpha value is -1.54. The van der Waals surface area contributed by atoms with Gasteiger partial charge in [-0.1, -0.05) is 30.3 Å². The Bertz CT molecular complexity index is 938. The number of benzene rings is 1. The average Bonchev–Trinajstić information content (AvgIpc) is 3.13. The summed E-state index contributed by atoms with van der Waals surface area (Å²) in [6.07, 6.45) is 0.491. The maximum absolute atomic E-state index is 12.5. The second-order valence-corrected chi connectivity index (χ2v) is 7.79. The van der Waals surface area contributed by atoms with Crippen LogP contribution in [0, 0.1) is 0 Å². The van der Waals surface area contributed by atoms with E-state index in [2.05, 4.69) is 30.8 Å². The summed E-state index contributed by atoms with van der Waals surface area (Å²) in [7, 11) is 0. The van der Waals surface area contributed by atoms with Gasteiger partial charge in [0.15, 0.2) is 0 Å². The van der Waals surface area contributed by atoms with Crippen LogP contribution in [-0.4, -0.2) is 39.2 Å². The standard InChI is InChI=1S/C17H16BrN3O2S/c18-13-14-16(24-15(13)10-4-2-1-3-5-10)17(23)20-12(19-14)9-21-7-6-11(22)8-21/h1-5,11,22H,6-9H2,(H,19,20,23)/t11-/m1/s1. The number of halogens is 1. The highest BCUT2D eigenvalue weighted by Crippen LogP contribution is 2.39. The molecule has 1 aliphatic rings. The molecule has 1 aromatic carbocycles. The van der Waals surface area contributed by atoms with E-state index in [-0.39, 0.29) is 11.7 Å². The third kappa shape index (κ3) is 2.93. The number of hydrogen-bond acceptors (Lipinski definition) is 5. The number of aromatic amines is 1. The molecule has 0 radical (unpaired) electrons. The summed E-state index contributed by atoms with van der Waals surface area (Å²) < 4.78 is 1.49. The fourth-order valence-electron chi connectivity index (χ4n) is 3.02. The summed E-state index contributed by atoms with van der Waals surface area (Å²) in [5.74, 6) is 0.639. The molecule has 1 atom stereocenters. The quantitative estimate of drug-likeness (QED) is 0.702. The van der Waals surface area contributed by atoms with Crippen LogP contribution < -0.4 is 5.56 Å². The number of aliphatic hydroxyl groups excluding tert-OH is 1. The SMILES string of the molecule is O=c1[nH]c(CN2CC[C@@H](O)C2)nc2c(Br)c(-c3ccccc3)sc12. The van der Waals surface area contributed by atoms with Gasteiger partial charge in [-0.05, 0) is 27.9 Å². The van der Waals surface area contributed by atoms with Gasteiger partial charge in [-0.15, -0.1) is 11.3 Å². The van der Waals surface area contributed by atoms with Gasteiger partial charge in [-0.25, -0.2) is 4.98 Å². The number of rotatable bonds is 3. The summed E-state index contributed by atoms with van der Waals surface area (Å²) in [4.78, 5) is 23.1. The van der Waals surface area contributed by atoms with E-state index >= 15 is 0 Å². The van der Waals surface area contributed by atoms with Gasteiger partial charge in [-0.2, -0.15) is 0 Å². The van der Waals surface area contributed by atoms with E-state index in [1.807, 2.05) is 30.3 Å². The number of thiophene rings is 1. The normalized spacial score (nSPS) is 18.5. The molecule has 24 heavy (non-hydrogen) atoms. The first-order valence-electron chi connectivity index (χ1n) is 7.79. The smallest absolute Gasteiger partial charge is 0.268 e. The minimum Gasteiger partial charge on any atom is -0.392 e. The van der Waals surface area contributed by atoms with Crippen molar-refractivity contribution in [3.63, 3.8) is 0 Å². The van der Waals surface area contributed by atoms with Crippen molar-refractivity contribution in [2.24, 2.45) is 0 Å². The third-order valence-electron chi connectivity index (χ3n) is 4.19. The van der Waals surface area contributed by atoms with E-state index < -0.39 is 0 Å². The molecule has 7 heteroatoms. The Morgan fingerprint density at radius 3 is 2.88 bits per heavy atom. The maximum atomic E-state index is 12.5. The zero-order valence-corrected chi connectivity index (χ0v) is 15.2. The number of aromatic nitrogens is 2. The Morgan fingerprint density at radius 2 is 2.17 bits per heavy atom. The van der Waals surface area contributed by atoms with E-state index in [1.54, 1.807) is 0 Å². The number of nitrogens with zero attached hydrogens (tertiary/aromatic N) is 2. The molecule has 0 aliphatic carbocycles. The van der Waals surface area contributed by atoms with Crippen molar-refractivity contribution in [1.29, 1.82) is 0 Å². The lowest BCUT2D eigenvalue weighted by Gasteiger charge is -2.13. The lowest BCUT2D eigenvalue weighted by Crippen LogP contribution is -2.24. The molecule has 4 rings (SSSR count). The summed E-state index contributed by atoms with van der Waals surface area (Å²) in [5, 5.41) is 9.64. The van der Waals surface area contributed by atoms with E-state index in [4.69, 9.17) is 0 Å². The lowest BCUT2D eigenvalue weighted by molar-refractivity contribution is 0.174.